The molecule has 2 heterocycles. The van der Waals surface area contributed by atoms with Crippen LogP contribution >= 0.6 is 0 Å². The molecule has 0 aromatic carbocycles. The third-order valence-electron chi connectivity index (χ3n) is 3.15. The van der Waals surface area contributed by atoms with Crippen LogP contribution in [0.5, 0.6) is 0 Å². The minimum Gasteiger partial charge on any atom is -0.478 e. The molecule has 1 N–H and O–H groups in total. The monoisotopic (exact) mass is 250 g/mol. The van der Waals surface area contributed by atoms with Gasteiger partial charge in [-0.3, -0.25) is 0 Å². The molecule has 0 spiro atoms. The summed E-state index contributed by atoms with van der Waals surface area (Å²) in [4.78, 5) is 17.4. The van der Waals surface area contributed by atoms with Gasteiger partial charge < -0.3 is 14.7 Å². The first-order chi connectivity index (χ1) is 8.72. The maximum absolute atomic E-state index is 11.2. The largest absolute Gasteiger partial charge is 0.478 e. The summed E-state index contributed by atoms with van der Waals surface area (Å²) >= 11 is 0. The standard InChI is InChI=1S/C13H18N2O3/c1-2-15(9-10-5-4-8-18-10)12-11(13(16)17)6-3-7-14-12/h3,6-7,10H,2,4-5,8-9H2,1H3,(H,16,17). The van der Waals surface area contributed by atoms with Gasteiger partial charge in [0, 0.05) is 25.9 Å². The van der Waals surface area contributed by atoms with Crippen molar-refractivity contribution in [3.63, 3.8) is 0 Å². The summed E-state index contributed by atoms with van der Waals surface area (Å²) in [5.41, 5.74) is 0.248. The number of likely N-dealkylation sites (N-methyl/N-ethyl adjacent to an activating group) is 1. The molecule has 0 bridgehead atoms. The molecule has 1 fully saturated rings. The van der Waals surface area contributed by atoms with Gasteiger partial charge in [0.25, 0.3) is 0 Å². The molecule has 1 unspecified atom stereocenters. The van der Waals surface area contributed by atoms with Gasteiger partial charge in [0.15, 0.2) is 0 Å². The third kappa shape index (κ3) is 2.79. The molecule has 5 nitrogen and oxygen atoms in total. The van der Waals surface area contributed by atoms with Crippen molar-refractivity contribution in [2.75, 3.05) is 24.6 Å². The summed E-state index contributed by atoms with van der Waals surface area (Å²) in [6, 6.07) is 3.23. The predicted octanol–water partition coefficient (Wildman–Crippen LogP) is 1.79. The number of hydrogen-bond acceptors (Lipinski definition) is 4. The lowest BCUT2D eigenvalue weighted by molar-refractivity contribution is 0.0696. The molecule has 1 atom stereocenters. The molecule has 1 aliphatic rings. The zero-order valence-corrected chi connectivity index (χ0v) is 10.5. The summed E-state index contributed by atoms with van der Waals surface area (Å²) in [6.07, 6.45) is 3.93. The zero-order chi connectivity index (χ0) is 13.0. The quantitative estimate of drug-likeness (QED) is 0.863. The van der Waals surface area contributed by atoms with Gasteiger partial charge in [-0.2, -0.15) is 0 Å². The van der Waals surface area contributed by atoms with Gasteiger partial charge in [-0.15, -0.1) is 0 Å². The highest BCUT2D eigenvalue weighted by Gasteiger charge is 2.22. The lowest BCUT2D eigenvalue weighted by Crippen LogP contribution is -2.33. The molecule has 0 amide bonds. The first-order valence-electron chi connectivity index (χ1n) is 6.27. The second kappa shape index (κ2) is 5.82. The number of carbonyl (C=O) groups is 1. The van der Waals surface area contributed by atoms with Gasteiger partial charge >= 0.3 is 5.97 Å². The van der Waals surface area contributed by atoms with Crippen LogP contribution in [0.1, 0.15) is 30.1 Å². The molecule has 0 radical (unpaired) electrons. The Morgan fingerprint density at radius 1 is 1.67 bits per heavy atom. The number of aromatic nitrogens is 1. The van der Waals surface area contributed by atoms with E-state index in [1.165, 1.54) is 0 Å². The van der Waals surface area contributed by atoms with Crippen LogP contribution in [0.15, 0.2) is 18.3 Å². The number of pyridine rings is 1. The summed E-state index contributed by atoms with van der Waals surface area (Å²) in [7, 11) is 0. The van der Waals surface area contributed by atoms with E-state index in [0.29, 0.717) is 12.4 Å². The van der Waals surface area contributed by atoms with Crippen LogP contribution in [-0.4, -0.2) is 41.9 Å². The summed E-state index contributed by atoms with van der Waals surface area (Å²) in [5, 5.41) is 9.17. The van der Waals surface area contributed by atoms with E-state index in [1.807, 2.05) is 11.8 Å². The number of ether oxygens (including phenoxy) is 1. The molecule has 1 aromatic rings. The average molecular weight is 250 g/mol. The lowest BCUT2D eigenvalue weighted by atomic mass is 10.2. The van der Waals surface area contributed by atoms with E-state index in [1.54, 1.807) is 18.3 Å². The van der Waals surface area contributed by atoms with Crippen LogP contribution in [0.3, 0.4) is 0 Å². The first-order valence-corrected chi connectivity index (χ1v) is 6.27. The number of carboxylic acids is 1. The Balaban J connectivity index is 2.18. The molecule has 1 aromatic heterocycles. The van der Waals surface area contributed by atoms with E-state index in [4.69, 9.17) is 4.74 Å². The average Bonchev–Trinajstić information content (AvgIpc) is 2.88. The Bertz CT molecular complexity index is 416. The summed E-state index contributed by atoms with van der Waals surface area (Å²) in [6.45, 7) is 4.22. The predicted molar refractivity (Wildman–Crippen MR) is 68.1 cm³/mol. The lowest BCUT2D eigenvalue weighted by Gasteiger charge is -2.26. The Labute approximate surface area is 106 Å². The second-order valence-corrected chi connectivity index (χ2v) is 4.35. The molecule has 2 rings (SSSR count). The molecule has 1 aliphatic heterocycles. The first kappa shape index (κ1) is 12.8. The van der Waals surface area contributed by atoms with Crippen molar-refractivity contribution in [2.45, 2.75) is 25.9 Å². The number of carboxylic acid groups (broad SMARTS) is 1. The highest BCUT2D eigenvalue weighted by atomic mass is 16.5. The van der Waals surface area contributed by atoms with Gasteiger partial charge in [-0.05, 0) is 31.9 Å². The van der Waals surface area contributed by atoms with Crippen LogP contribution in [0.25, 0.3) is 0 Å². The van der Waals surface area contributed by atoms with Gasteiger partial charge in [0.1, 0.15) is 11.4 Å². The maximum Gasteiger partial charge on any atom is 0.339 e. The molecule has 98 valence electrons. The van der Waals surface area contributed by atoms with Crippen LogP contribution in [0.2, 0.25) is 0 Å². The van der Waals surface area contributed by atoms with Crippen LogP contribution in [-0.2, 0) is 4.74 Å². The van der Waals surface area contributed by atoms with Gasteiger partial charge in [-0.1, -0.05) is 0 Å². The Morgan fingerprint density at radius 3 is 3.11 bits per heavy atom. The van der Waals surface area contributed by atoms with Crippen LogP contribution in [0.4, 0.5) is 5.82 Å². The van der Waals surface area contributed by atoms with Gasteiger partial charge in [0.2, 0.25) is 0 Å². The Kier molecular flexibility index (Phi) is 4.15. The molecule has 1 saturated heterocycles. The minimum atomic E-state index is -0.941. The summed E-state index contributed by atoms with van der Waals surface area (Å²) < 4.78 is 5.59. The van der Waals surface area contributed by atoms with E-state index in [2.05, 4.69) is 4.98 Å². The number of aromatic carboxylic acids is 1. The second-order valence-electron chi connectivity index (χ2n) is 4.35. The molecular weight excluding hydrogens is 232 g/mol. The van der Waals surface area contributed by atoms with Gasteiger partial charge in [0.05, 0.1) is 6.10 Å². The molecule has 5 heteroatoms. The number of nitrogens with zero attached hydrogens (tertiary/aromatic N) is 2. The van der Waals surface area contributed by atoms with Crippen molar-refractivity contribution in [1.82, 2.24) is 4.98 Å². The van der Waals surface area contributed by atoms with Crippen molar-refractivity contribution in [3.05, 3.63) is 23.9 Å². The number of rotatable bonds is 5. The fourth-order valence-electron chi connectivity index (χ4n) is 2.22. The highest BCUT2D eigenvalue weighted by Crippen LogP contribution is 2.20. The zero-order valence-electron chi connectivity index (χ0n) is 10.5. The normalized spacial score (nSPS) is 18.8. The molecule has 18 heavy (non-hydrogen) atoms. The Hall–Kier alpha value is -1.62. The maximum atomic E-state index is 11.2. The SMILES string of the molecule is CCN(CC1CCCO1)c1ncccc1C(=O)O. The fraction of sp³-hybridized carbons (Fsp3) is 0.538. The number of hydrogen-bond donors (Lipinski definition) is 1. The van der Waals surface area contributed by atoms with Gasteiger partial charge in [-0.25, -0.2) is 9.78 Å². The van der Waals surface area contributed by atoms with E-state index in [9.17, 15) is 9.90 Å². The van der Waals surface area contributed by atoms with Crippen LogP contribution in [0, 0.1) is 0 Å². The highest BCUT2D eigenvalue weighted by molar-refractivity contribution is 5.93. The molecule has 0 aliphatic carbocycles. The Morgan fingerprint density at radius 2 is 2.50 bits per heavy atom. The topological polar surface area (TPSA) is 62.7 Å². The van der Waals surface area contributed by atoms with Crippen molar-refractivity contribution >= 4 is 11.8 Å². The van der Waals surface area contributed by atoms with Crippen molar-refractivity contribution in [3.8, 4) is 0 Å². The van der Waals surface area contributed by atoms with Crippen LogP contribution < -0.4 is 4.90 Å². The molecular formula is C13H18N2O3. The molecule has 0 saturated carbocycles. The van der Waals surface area contributed by atoms with Crippen molar-refractivity contribution in [2.24, 2.45) is 0 Å². The van der Waals surface area contributed by atoms with Crippen molar-refractivity contribution in [1.29, 1.82) is 0 Å². The van der Waals surface area contributed by atoms with E-state index in [-0.39, 0.29) is 11.7 Å². The smallest absolute Gasteiger partial charge is 0.339 e. The van der Waals surface area contributed by atoms with E-state index < -0.39 is 5.97 Å². The number of anilines is 1. The van der Waals surface area contributed by atoms with E-state index in [0.717, 1.165) is 26.0 Å². The summed E-state index contributed by atoms with van der Waals surface area (Å²) in [5.74, 6) is -0.410. The van der Waals surface area contributed by atoms with E-state index >= 15 is 0 Å². The van der Waals surface area contributed by atoms with Crippen molar-refractivity contribution < 1.29 is 14.6 Å². The fourth-order valence-corrected chi connectivity index (χ4v) is 2.22. The minimum absolute atomic E-state index is 0.189. The third-order valence-corrected chi connectivity index (χ3v) is 3.15.